The third kappa shape index (κ3) is 6.36. The van der Waals surface area contributed by atoms with Crippen LogP contribution in [0.5, 0.6) is 11.5 Å². The molecule has 2 aromatic rings. The van der Waals surface area contributed by atoms with E-state index < -0.39 is 5.97 Å². The van der Waals surface area contributed by atoms with Crippen LogP contribution in [0.4, 0.5) is 4.39 Å². The van der Waals surface area contributed by atoms with Gasteiger partial charge < -0.3 is 9.47 Å². The van der Waals surface area contributed by atoms with Crippen molar-refractivity contribution < 1.29 is 23.5 Å². The molecular formula is C21H21FO4. The molecule has 0 saturated heterocycles. The topological polar surface area (TPSA) is 52.6 Å². The van der Waals surface area contributed by atoms with Gasteiger partial charge in [-0.2, -0.15) is 0 Å². The number of methoxy groups -OCH3 is 1. The molecule has 0 amide bonds. The summed E-state index contributed by atoms with van der Waals surface area (Å²) in [6.45, 7) is 10.0. The molecule has 0 atom stereocenters. The Bertz CT molecular complexity index is 807. The zero-order valence-corrected chi connectivity index (χ0v) is 15.0. The van der Waals surface area contributed by atoms with E-state index in [0.29, 0.717) is 33.8 Å². The molecule has 5 heteroatoms. The summed E-state index contributed by atoms with van der Waals surface area (Å²) in [6, 6.07) is 11.2. The van der Waals surface area contributed by atoms with Crippen LogP contribution in [-0.2, 0) is 9.59 Å². The summed E-state index contributed by atoms with van der Waals surface area (Å²) in [5.74, 6) is -0.0108. The van der Waals surface area contributed by atoms with Crippen molar-refractivity contribution in [2.75, 3.05) is 7.11 Å². The minimum absolute atomic E-state index is 0.320. The molecule has 4 nitrogen and oxygen atoms in total. The number of allylic oxidation sites excluding steroid dienone is 1. The van der Waals surface area contributed by atoms with Crippen LogP contribution < -0.4 is 9.47 Å². The molecule has 2 rings (SSSR count). The number of halogens is 1. The molecule has 0 radical (unpaired) electrons. The van der Waals surface area contributed by atoms with Gasteiger partial charge in [-0.05, 0) is 49.2 Å². The Hall–Kier alpha value is -3.21. The predicted molar refractivity (Wildman–Crippen MR) is 99.7 cm³/mol. The molecule has 0 N–H and O–H groups in total. The van der Waals surface area contributed by atoms with Crippen molar-refractivity contribution >= 4 is 12.3 Å². The van der Waals surface area contributed by atoms with Crippen LogP contribution in [0.25, 0.3) is 11.1 Å². The molecule has 0 bridgehead atoms. The number of hydrogen-bond acceptors (Lipinski definition) is 4. The number of ether oxygens (including phenoxy) is 2. The summed E-state index contributed by atoms with van der Waals surface area (Å²) >= 11 is 0. The van der Waals surface area contributed by atoms with Gasteiger partial charge in [-0.15, -0.1) is 0 Å². The van der Waals surface area contributed by atoms with Gasteiger partial charge in [0, 0.05) is 17.2 Å². The summed E-state index contributed by atoms with van der Waals surface area (Å²) in [4.78, 5) is 20.8. The maximum atomic E-state index is 14.0. The lowest BCUT2D eigenvalue weighted by molar-refractivity contribution is -0.130. The zero-order valence-electron chi connectivity index (χ0n) is 15.0. The third-order valence-electron chi connectivity index (χ3n) is 3.10. The van der Waals surface area contributed by atoms with E-state index in [2.05, 4.69) is 13.2 Å². The molecule has 0 aliphatic carbocycles. The largest absolute Gasteiger partial charge is 0.497 e. The quantitative estimate of drug-likeness (QED) is 0.336. The van der Waals surface area contributed by atoms with Crippen LogP contribution in [0.3, 0.4) is 0 Å². The number of carbonyl (C=O) groups is 2. The van der Waals surface area contributed by atoms with Crippen LogP contribution >= 0.6 is 0 Å². The lowest BCUT2D eigenvalue weighted by atomic mass is 10.0. The van der Waals surface area contributed by atoms with E-state index in [0.717, 1.165) is 6.29 Å². The Balaban J connectivity index is 0.000000597. The highest BCUT2D eigenvalue weighted by molar-refractivity contribution is 5.88. The number of hydrogen-bond donors (Lipinski definition) is 0. The van der Waals surface area contributed by atoms with Crippen molar-refractivity contribution in [1.29, 1.82) is 0 Å². The SMILES string of the molecule is C=C(C)C(=O)Oc1ccc(-c2ccc(OC)cc2F)cc1.C=C(C)C=O. The predicted octanol–water partition coefficient (Wildman–Crippen LogP) is 4.74. The Morgan fingerprint density at radius 3 is 2.00 bits per heavy atom. The number of esters is 1. The molecule has 0 fully saturated rings. The molecular weight excluding hydrogens is 335 g/mol. The van der Waals surface area contributed by atoms with Crippen LogP contribution in [-0.4, -0.2) is 19.4 Å². The third-order valence-corrected chi connectivity index (χ3v) is 3.10. The van der Waals surface area contributed by atoms with Crippen LogP contribution in [0.1, 0.15) is 13.8 Å². The fourth-order valence-corrected chi connectivity index (χ4v) is 1.75. The van der Waals surface area contributed by atoms with Gasteiger partial charge in [-0.3, -0.25) is 4.79 Å². The average molecular weight is 356 g/mol. The van der Waals surface area contributed by atoms with E-state index in [1.54, 1.807) is 50.2 Å². The van der Waals surface area contributed by atoms with Crippen molar-refractivity contribution in [3.63, 3.8) is 0 Å². The van der Waals surface area contributed by atoms with E-state index in [-0.39, 0.29) is 5.82 Å². The molecule has 0 saturated carbocycles. The Labute approximate surface area is 152 Å². The van der Waals surface area contributed by atoms with E-state index in [1.165, 1.54) is 13.2 Å². The van der Waals surface area contributed by atoms with Gasteiger partial charge in [-0.1, -0.05) is 25.3 Å². The number of carbonyl (C=O) groups excluding carboxylic acids is 2. The summed E-state index contributed by atoms with van der Waals surface area (Å²) in [7, 11) is 1.49. The van der Waals surface area contributed by atoms with Gasteiger partial charge in [0.1, 0.15) is 23.6 Å². The summed E-state index contributed by atoms with van der Waals surface area (Å²) in [5, 5.41) is 0. The first-order valence-corrected chi connectivity index (χ1v) is 7.70. The fraction of sp³-hybridized carbons (Fsp3) is 0.143. The summed E-state index contributed by atoms with van der Waals surface area (Å²) < 4.78 is 24.0. The molecule has 0 aromatic heterocycles. The molecule has 0 aliphatic heterocycles. The molecule has 26 heavy (non-hydrogen) atoms. The smallest absolute Gasteiger partial charge is 0.338 e. The summed E-state index contributed by atoms with van der Waals surface area (Å²) in [6.07, 6.45) is 0.722. The number of benzene rings is 2. The maximum absolute atomic E-state index is 14.0. The molecule has 0 unspecified atom stereocenters. The van der Waals surface area contributed by atoms with E-state index in [9.17, 15) is 14.0 Å². The van der Waals surface area contributed by atoms with E-state index >= 15 is 0 Å². The van der Waals surface area contributed by atoms with Crippen LogP contribution in [0, 0.1) is 5.82 Å². The second-order valence-electron chi connectivity index (χ2n) is 5.50. The molecule has 2 aromatic carbocycles. The lowest BCUT2D eigenvalue weighted by Crippen LogP contribution is -2.07. The van der Waals surface area contributed by atoms with E-state index in [4.69, 9.17) is 9.47 Å². The molecule has 0 aliphatic rings. The van der Waals surface area contributed by atoms with E-state index in [1.807, 2.05) is 0 Å². The highest BCUT2D eigenvalue weighted by atomic mass is 19.1. The van der Waals surface area contributed by atoms with Gasteiger partial charge >= 0.3 is 5.97 Å². The van der Waals surface area contributed by atoms with Crippen molar-refractivity contribution in [2.24, 2.45) is 0 Å². The average Bonchev–Trinajstić information content (AvgIpc) is 2.62. The standard InChI is InChI=1S/C17H15FO3.C4H6O/c1-11(2)17(19)21-13-6-4-12(5-7-13)15-9-8-14(20-3)10-16(15)18;1-4(2)3-5/h4-10H,1H2,2-3H3;3H,1H2,2H3. The van der Waals surface area contributed by atoms with Crippen LogP contribution in [0.15, 0.2) is 66.8 Å². The molecule has 0 heterocycles. The highest BCUT2D eigenvalue weighted by Crippen LogP contribution is 2.27. The minimum Gasteiger partial charge on any atom is -0.497 e. The van der Waals surface area contributed by atoms with Gasteiger partial charge in [-0.25, -0.2) is 9.18 Å². The monoisotopic (exact) mass is 356 g/mol. The first-order valence-electron chi connectivity index (χ1n) is 7.70. The second kappa shape index (κ2) is 9.93. The normalized spacial score (nSPS) is 9.38. The molecule has 136 valence electrons. The Morgan fingerprint density at radius 1 is 1.04 bits per heavy atom. The van der Waals surface area contributed by atoms with Gasteiger partial charge in [0.25, 0.3) is 0 Å². The zero-order chi connectivity index (χ0) is 19.7. The van der Waals surface area contributed by atoms with Gasteiger partial charge in [0.05, 0.1) is 7.11 Å². The Morgan fingerprint density at radius 2 is 1.58 bits per heavy atom. The summed E-state index contributed by atoms with van der Waals surface area (Å²) in [5.41, 5.74) is 2.03. The highest BCUT2D eigenvalue weighted by Gasteiger charge is 2.08. The van der Waals surface area contributed by atoms with Crippen molar-refractivity contribution in [3.05, 3.63) is 72.6 Å². The van der Waals surface area contributed by atoms with Gasteiger partial charge in [0.2, 0.25) is 0 Å². The first kappa shape index (κ1) is 20.8. The van der Waals surface area contributed by atoms with Crippen LogP contribution in [0.2, 0.25) is 0 Å². The van der Waals surface area contributed by atoms with Crippen molar-refractivity contribution in [1.82, 2.24) is 0 Å². The first-order chi connectivity index (χ1) is 12.3. The van der Waals surface area contributed by atoms with Crippen molar-refractivity contribution in [3.8, 4) is 22.6 Å². The second-order valence-corrected chi connectivity index (χ2v) is 5.50. The number of aldehydes is 1. The lowest BCUT2D eigenvalue weighted by Gasteiger charge is -2.07. The Kier molecular flexibility index (Phi) is 7.96. The maximum Gasteiger partial charge on any atom is 0.338 e. The van der Waals surface area contributed by atoms with Crippen molar-refractivity contribution in [2.45, 2.75) is 13.8 Å². The minimum atomic E-state index is -0.488. The van der Waals surface area contributed by atoms with Gasteiger partial charge in [0.15, 0.2) is 0 Å². The fourth-order valence-electron chi connectivity index (χ4n) is 1.75. The number of rotatable bonds is 5. The molecule has 0 spiro atoms.